The highest BCUT2D eigenvalue weighted by Crippen LogP contribution is 2.25. The smallest absolute Gasteiger partial charge is 0.239 e. The summed E-state index contributed by atoms with van der Waals surface area (Å²) in [7, 11) is 0. The van der Waals surface area contributed by atoms with Crippen LogP contribution in [0.1, 0.15) is 22.2 Å². The second-order valence-electron chi connectivity index (χ2n) is 6.71. The molecule has 4 rings (SSSR count). The van der Waals surface area contributed by atoms with Gasteiger partial charge in [0, 0.05) is 10.9 Å². The van der Waals surface area contributed by atoms with E-state index in [9.17, 15) is 4.79 Å². The SMILES string of the molecule is Cc1cc(NC(=O)CNC(c2ccccc2)c2cccs2)n(-c2ccccc2)n1. The summed E-state index contributed by atoms with van der Waals surface area (Å²) in [6.45, 7) is 2.10. The highest BCUT2D eigenvalue weighted by molar-refractivity contribution is 7.10. The van der Waals surface area contributed by atoms with Crippen LogP contribution < -0.4 is 10.6 Å². The summed E-state index contributed by atoms with van der Waals surface area (Å²) < 4.78 is 1.75. The van der Waals surface area contributed by atoms with Crippen LogP contribution in [0.2, 0.25) is 0 Å². The molecule has 0 bridgehead atoms. The normalized spacial score (nSPS) is 11.9. The van der Waals surface area contributed by atoms with Gasteiger partial charge in [0.15, 0.2) is 0 Å². The molecule has 1 atom stereocenters. The van der Waals surface area contributed by atoms with Crippen molar-refractivity contribution in [1.29, 1.82) is 0 Å². The van der Waals surface area contributed by atoms with Crippen molar-refractivity contribution in [3.63, 3.8) is 0 Å². The number of nitrogens with one attached hydrogen (secondary N) is 2. The van der Waals surface area contributed by atoms with Crippen molar-refractivity contribution < 1.29 is 4.79 Å². The van der Waals surface area contributed by atoms with E-state index in [-0.39, 0.29) is 18.5 Å². The molecule has 0 saturated carbocycles. The average molecular weight is 403 g/mol. The van der Waals surface area contributed by atoms with Gasteiger partial charge in [-0.15, -0.1) is 11.3 Å². The quantitative estimate of drug-likeness (QED) is 0.476. The molecule has 5 nitrogen and oxygen atoms in total. The van der Waals surface area contributed by atoms with E-state index in [4.69, 9.17) is 0 Å². The minimum Gasteiger partial charge on any atom is -0.309 e. The maximum Gasteiger partial charge on any atom is 0.239 e. The van der Waals surface area contributed by atoms with E-state index in [1.807, 2.05) is 73.0 Å². The number of carbonyl (C=O) groups excluding carboxylic acids is 1. The second kappa shape index (κ2) is 8.86. The third-order valence-corrected chi connectivity index (χ3v) is 5.46. The molecular weight excluding hydrogens is 380 g/mol. The van der Waals surface area contributed by atoms with Gasteiger partial charge in [0.25, 0.3) is 0 Å². The number of nitrogens with zero attached hydrogens (tertiary/aromatic N) is 2. The van der Waals surface area contributed by atoms with Crippen LogP contribution in [0.3, 0.4) is 0 Å². The molecule has 0 saturated heterocycles. The molecule has 1 unspecified atom stereocenters. The number of thiophene rings is 1. The summed E-state index contributed by atoms with van der Waals surface area (Å²) in [5.74, 6) is 0.549. The Balaban J connectivity index is 1.48. The number of amides is 1. The molecule has 2 N–H and O–H groups in total. The Hall–Kier alpha value is -3.22. The summed E-state index contributed by atoms with van der Waals surface area (Å²) in [5, 5.41) is 12.9. The van der Waals surface area contributed by atoms with Crippen molar-refractivity contribution in [2.45, 2.75) is 13.0 Å². The van der Waals surface area contributed by atoms with Gasteiger partial charge in [-0.2, -0.15) is 5.10 Å². The number of aryl methyl sites for hydroxylation is 1. The molecule has 0 aliphatic carbocycles. The zero-order valence-electron chi connectivity index (χ0n) is 16.1. The molecule has 2 aromatic heterocycles. The number of rotatable bonds is 7. The zero-order chi connectivity index (χ0) is 20.1. The predicted molar refractivity (Wildman–Crippen MR) is 118 cm³/mol. The number of aromatic nitrogens is 2. The van der Waals surface area contributed by atoms with Crippen LogP contribution in [0.25, 0.3) is 5.69 Å². The number of anilines is 1. The van der Waals surface area contributed by atoms with Crippen LogP contribution in [0.15, 0.2) is 84.2 Å². The van der Waals surface area contributed by atoms with Crippen molar-refractivity contribution in [2.75, 3.05) is 11.9 Å². The molecule has 0 aliphatic heterocycles. The van der Waals surface area contributed by atoms with Crippen molar-refractivity contribution in [1.82, 2.24) is 15.1 Å². The van der Waals surface area contributed by atoms with Crippen LogP contribution >= 0.6 is 11.3 Å². The van der Waals surface area contributed by atoms with E-state index in [2.05, 4.69) is 33.9 Å². The Morgan fingerprint density at radius 3 is 2.45 bits per heavy atom. The maximum atomic E-state index is 12.7. The Bertz CT molecular complexity index is 1060. The molecule has 0 spiro atoms. The van der Waals surface area contributed by atoms with E-state index >= 15 is 0 Å². The van der Waals surface area contributed by atoms with Crippen LogP contribution in [0.4, 0.5) is 5.82 Å². The lowest BCUT2D eigenvalue weighted by Crippen LogP contribution is -2.32. The van der Waals surface area contributed by atoms with E-state index < -0.39 is 0 Å². The van der Waals surface area contributed by atoms with Gasteiger partial charge in [-0.3, -0.25) is 10.1 Å². The highest BCUT2D eigenvalue weighted by Gasteiger charge is 2.17. The number of benzene rings is 2. The van der Waals surface area contributed by atoms with Gasteiger partial charge in [0.2, 0.25) is 5.91 Å². The maximum absolute atomic E-state index is 12.7. The summed E-state index contributed by atoms with van der Waals surface area (Å²) in [6.07, 6.45) is 0. The summed E-state index contributed by atoms with van der Waals surface area (Å²) in [6, 6.07) is 25.9. The fourth-order valence-corrected chi connectivity index (χ4v) is 4.05. The monoisotopic (exact) mass is 402 g/mol. The van der Waals surface area contributed by atoms with Crippen molar-refractivity contribution in [2.24, 2.45) is 0 Å². The Labute approximate surface area is 174 Å². The summed E-state index contributed by atoms with van der Waals surface area (Å²) in [4.78, 5) is 13.9. The fraction of sp³-hybridized carbons (Fsp3) is 0.130. The van der Waals surface area contributed by atoms with Gasteiger partial charge in [0.1, 0.15) is 5.82 Å². The molecule has 6 heteroatoms. The van der Waals surface area contributed by atoms with Gasteiger partial charge in [-0.05, 0) is 36.1 Å². The molecule has 2 aromatic carbocycles. The largest absolute Gasteiger partial charge is 0.309 e. The van der Waals surface area contributed by atoms with Crippen molar-refractivity contribution >= 4 is 23.1 Å². The van der Waals surface area contributed by atoms with Gasteiger partial charge in [-0.1, -0.05) is 54.6 Å². The number of hydrogen-bond acceptors (Lipinski definition) is 4. The average Bonchev–Trinajstić information content (AvgIpc) is 3.40. The molecule has 0 fully saturated rings. The first kappa shape index (κ1) is 19.1. The molecule has 29 heavy (non-hydrogen) atoms. The highest BCUT2D eigenvalue weighted by atomic mass is 32.1. The van der Waals surface area contributed by atoms with Crippen LogP contribution in [0, 0.1) is 6.92 Å². The van der Waals surface area contributed by atoms with E-state index in [1.165, 1.54) is 4.88 Å². The molecule has 0 radical (unpaired) electrons. The molecule has 2 heterocycles. The lowest BCUT2D eigenvalue weighted by Gasteiger charge is -2.18. The Morgan fingerprint density at radius 1 is 1.03 bits per heavy atom. The van der Waals surface area contributed by atoms with Crippen LogP contribution in [-0.4, -0.2) is 22.2 Å². The van der Waals surface area contributed by atoms with Gasteiger partial charge in [0.05, 0.1) is 24.0 Å². The molecule has 1 amide bonds. The minimum absolute atomic E-state index is 0.0253. The summed E-state index contributed by atoms with van der Waals surface area (Å²) in [5.41, 5.74) is 2.88. The predicted octanol–water partition coefficient (Wildman–Crippen LogP) is 4.56. The van der Waals surface area contributed by atoms with E-state index in [0.29, 0.717) is 5.82 Å². The third-order valence-electron chi connectivity index (χ3n) is 4.53. The van der Waals surface area contributed by atoms with E-state index in [1.54, 1.807) is 16.0 Å². The molecule has 0 aliphatic rings. The summed E-state index contributed by atoms with van der Waals surface area (Å²) >= 11 is 1.68. The van der Waals surface area contributed by atoms with Crippen LogP contribution in [-0.2, 0) is 4.79 Å². The third kappa shape index (κ3) is 4.62. The lowest BCUT2D eigenvalue weighted by molar-refractivity contribution is -0.115. The van der Waals surface area contributed by atoms with Gasteiger partial charge >= 0.3 is 0 Å². The van der Waals surface area contributed by atoms with Crippen molar-refractivity contribution in [3.05, 3.63) is 100 Å². The minimum atomic E-state index is -0.112. The lowest BCUT2D eigenvalue weighted by atomic mass is 10.1. The Kier molecular flexibility index (Phi) is 5.84. The number of para-hydroxylation sites is 1. The van der Waals surface area contributed by atoms with Gasteiger partial charge in [-0.25, -0.2) is 4.68 Å². The van der Waals surface area contributed by atoms with Crippen LogP contribution in [0.5, 0.6) is 0 Å². The first-order chi connectivity index (χ1) is 14.2. The second-order valence-corrected chi connectivity index (χ2v) is 7.69. The number of hydrogen-bond donors (Lipinski definition) is 2. The topological polar surface area (TPSA) is 59.0 Å². The first-order valence-corrected chi connectivity index (χ1v) is 10.3. The molecule has 146 valence electrons. The van der Waals surface area contributed by atoms with E-state index in [0.717, 1.165) is 16.9 Å². The molecule has 4 aromatic rings. The Morgan fingerprint density at radius 2 is 1.76 bits per heavy atom. The first-order valence-electron chi connectivity index (χ1n) is 9.44. The zero-order valence-corrected chi connectivity index (χ0v) is 16.9. The standard InChI is InChI=1S/C23H22N4OS/c1-17-15-21(27(26-17)19-11-6-3-7-12-19)25-22(28)16-24-23(20-13-8-14-29-20)18-9-4-2-5-10-18/h2-15,23-24H,16H2,1H3,(H,25,28). The van der Waals surface area contributed by atoms with Crippen molar-refractivity contribution in [3.8, 4) is 5.69 Å². The number of carbonyl (C=O) groups is 1. The molecular formula is C23H22N4OS. The fourth-order valence-electron chi connectivity index (χ4n) is 3.22. The van der Waals surface area contributed by atoms with Gasteiger partial charge < -0.3 is 5.32 Å².